The molecule has 1 saturated heterocycles. The Kier molecular flexibility index (Phi) is 3.92. The van der Waals surface area contributed by atoms with Crippen LogP contribution in [-0.2, 0) is 27.1 Å². The van der Waals surface area contributed by atoms with E-state index >= 15 is 0 Å². The number of ether oxygens (including phenoxy) is 2. The van der Waals surface area contributed by atoms with Gasteiger partial charge in [0.25, 0.3) is 0 Å². The molecule has 3 N–H and O–H groups in total. The van der Waals surface area contributed by atoms with Crippen LogP contribution in [-0.4, -0.2) is 53.4 Å². The maximum atomic E-state index is 12.1. The molecular formula is C18H21NO5. The van der Waals surface area contributed by atoms with Gasteiger partial charge in [-0.2, -0.15) is 0 Å². The molecule has 24 heavy (non-hydrogen) atoms. The maximum absolute atomic E-state index is 12.1. The van der Waals surface area contributed by atoms with Crippen LogP contribution in [0, 0.1) is 0 Å². The molecule has 1 heterocycles. The van der Waals surface area contributed by atoms with Gasteiger partial charge in [0, 0.05) is 31.4 Å². The van der Waals surface area contributed by atoms with E-state index in [1.807, 2.05) is 12.1 Å². The van der Waals surface area contributed by atoms with Crippen LogP contribution in [0.4, 0.5) is 0 Å². The first-order valence-electron chi connectivity index (χ1n) is 8.30. The normalized spacial score (nSPS) is 29.9. The second kappa shape index (κ2) is 5.97. The van der Waals surface area contributed by atoms with Crippen LogP contribution in [0.15, 0.2) is 35.9 Å². The molecule has 3 atom stereocenters. The van der Waals surface area contributed by atoms with E-state index in [1.54, 1.807) is 6.08 Å². The summed E-state index contributed by atoms with van der Waals surface area (Å²) in [6.45, 7) is 0.0750. The third kappa shape index (κ3) is 2.65. The number of nitrogens with one attached hydrogen (secondary N) is 1. The molecule has 4 rings (SSSR count). The van der Waals surface area contributed by atoms with Crippen LogP contribution in [0.1, 0.15) is 17.5 Å². The Morgan fingerprint density at radius 2 is 1.96 bits per heavy atom. The average Bonchev–Trinajstić information content (AvgIpc) is 3.11. The van der Waals surface area contributed by atoms with Crippen LogP contribution >= 0.6 is 0 Å². The molecule has 0 radical (unpaired) electrons. The highest BCUT2D eigenvalue weighted by Crippen LogP contribution is 2.44. The minimum Gasteiger partial charge on any atom is -0.395 e. The lowest BCUT2D eigenvalue weighted by Gasteiger charge is -2.26. The molecule has 6 nitrogen and oxygen atoms in total. The number of amides is 1. The first-order valence-corrected chi connectivity index (χ1v) is 8.30. The van der Waals surface area contributed by atoms with Gasteiger partial charge in [0.1, 0.15) is 12.2 Å². The first kappa shape index (κ1) is 15.8. The van der Waals surface area contributed by atoms with Crippen molar-refractivity contribution >= 4 is 5.91 Å². The van der Waals surface area contributed by atoms with Crippen molar-refractivity contribution in [2.45, 2.75) is 43.4 Å². The van der Waals surface area contributed by atoms with E-state index in [0.29, 0.717) is 18.4 Å². The van der Waals surface area contributed by atoms with E-state index in [-0.39, 0.29) is 25.5 Å². The average molecular weight is 331 g/mol. The quantitative estimate of drug-likeness (QED) is 0.729. The van der Waals surface area contributed by atoms with Gasteiger partial charge in [-0.25, -0.2) is 0 Å². The van der Waals surface area contributed by atoms with Crippen molar-refractivity contribution in [3.63, 3.8) is 0 Å². The molecule has 3 aliphatic rings. The molecule has 0 bridgehead atoms. The van der Waals surface area contributed by atoms with Crippen LogP contribution in [0.2, 0.25) is 0 Å². The van der Waals surface area contributed by atoms with Gasteiger partial charge in [0.15, 0.2) is 5.79 Å². The number of fused-ring (bicyclic) bond motifs is 2. The molecule has 1 aliphatic heterocycles. The largest absolute Gasteiger partial charge is 0.395 e. The Morgan fingerprint density at radius 3 is 2.62 bits per heavy atom. The topological polar surface area (TPSA) is 88.0 Å². The monoisotopic (exact) mass is 331 g/mol. The molecule has 0 saturated carbocycles. The fraction of sp³-hybridized carbons (Fsp3) is 0.500. The number of carbonyl (C=O) groups excluding carboxylic acids is 1. The molecule has 128 valence electrons. The summed E-state index contributed by atoms with van der Waals surface area (Å²) in [5.74, 6) is -1.02. The third-order valence-corrected chi connectivity index (χ3v) is 4.93. The number of hydrogen-bond acceptors (Lipinski definition) is 5. The standard InChI is InChI=1S/C18H21NO5/c20-6-5-19-17(22)13-7-14(21)16-15(8-13)23-18(24-16)9-11-3-1-2-4-12(11)10-18/h1-4,8,14-16,20-21H,5-7,9-10H2,(H,19,22). The van der Waals surface area contributed by atoms with Crippen molar-refractivity contribution in [1.29, 1.82) is 0 Å². The molecule has 1 aromatic rings. The highest BCUT2D eigenvalue weighted by Gasteiger charge is 2.53. The van der Waals surface area contributed by atoms with Gasteiger partial charge < -0.3 is 25.0 Å². The second-order valence-corrected chi connectivity index (χ2v) is 6.64. The summed E-state index contributed by atoms with van der Waals surface area (Å²) in [6.07, 6.45) is 1.63. The molecule has 6 heteroatoms. The third-order valence-electron chi connectivity index (χ3n) is 4.93. The van der Waals surface area contributed by atoms with Crippen molar-refractivity contribution < 1.29 is 24.5 Å². The van der Waals surface area contributed by atoms with E-state index in [2.05, 4.69) is 17.4 Å². The lowest BCUT2D eigenvalue weighted by atomic mass is 9.92. The van der Waals surface area contributed by atoms with E-state index < -0.39 is 24.1 Å². The van der Waals surface area contributed by atoms with Gasteiger partial charge in [-0.15, -0.1) is 0 Å². The maximum Gasteiger partial charge on any atom is 0.247 e. The summed E-state index contributed by atoms with van der Waals surface area (Å²) < 4.78 is 12.3. The van der Waals surface area contributed by atoms with Gasteiger partial charge in [-0.05, 0) is 17.2 Å². The van der Waals surface area contributed by atoms with Crippen LogP contribution in [0.3, 0.4) is 0 Å². The molecule has 1 spiro atoms. The molecule has 0 aromatic heterocycles. The predicted molar refractivity (Wildman–Crippen MR) is 85.1 cm³/mol. The van der Waals surface area contributed by atoms with Crippen LogP contribution in [0.5, 0.6) is 0 Å². The number of carbonyl (C=O) groups is 1. The molecule has 2 aliphatic carbocycles. The van der Waals surface area contributed by atoms with Gasteiger partial charge in [-0.1, -0.05) is 24.3 Å². The van der Waals surface area contributed by atoms with Crippen molar-refractivity contribution in [1.82, 2.24) is 5.32 Å². The Balaban J connectivity index is 1.53. The summed E-state index contributed by atoms with van der Waals surface area (Å²) >= 11 is 0. The fourth-order valence-corrected chi connectivity index (χ4v) is 3.86. The number of aliphatic hydroxyl groups is 2. The van der Waals surface area contributed by atoms with Gasteiger partial charge >= 0.3 is 0 Å². The zero-order valence-electron chi connectivity index (χ0n) is 13.3. The zero-order valence-corrected chi connectivity index (χ0v) is 13.3. The van der Waals surface area contributed by atoms with Gasteiger partial charge in [0.2, 0.25) is 5.91 Å². The number of rotatable bonds is 3. The highest BCUT2D eigenvalue weighted by molar-refractivity contribution is 5.93. The molecule has 1 fully saturated rings. The molecule has 1 amide bonds. The smallest absolute Gasteiger partial charge is 0.247 e. The summed E-state index contributed by atoms with van der Waals surface area (Å²) in [6, 6.07) is 8.13. The summed E-state index contributed by atoms with van der Waals surface area (Å²) in [7, 11) is 0. The zero-order chi connectivity index (χ0) is 16.7. The number of hydrogen-bond donors (Lipinski definition) is 3. The summed E-state index contributed by atoms with van der Waals surface area (Å²) in [5.41, 5.74) is 2.89. The van der Waals surface area contributed by atoms with E-state index in [9.17, 15) is 9.90 Å². The van der Waals surface area contributed by atoms with Gasteiger partial charge in [0.05, 0.1) is 12.7 Å². The highest BCUT2D eigenvalue weighted by atomic mass is 16.8. The predicted octanol–water partition coefficient (Wildman–Crippen LogP) is 0.0650. The van der Waals surface area contributed by atoms with E-state index in [4.69, 9.17) is 14.6 Å². The Hall–Kier alpha value is -1.73. The SMILES string of the molecule is O=C(NCCO)C1=CC2OC3(Cc4ccccc4C3)OC2C(O)C1. The number of aliphatic hydroxyl groups excluding tert-OH is 2. The lowest BCUT2D eigenvalue weighted by molar-refractivity contribution is -0.171. The minimum absolute atomic E-state index is 0.116. The first-order chi connectivity index (χ1) is 11.6. The number of benzene rings is 1. The lowest BCUT2D eigenvalue weighted by Crippen LogP contribution is -2.41. The van der Waals surface area contributed by atoms with Crippen molar-refractivity contribution in [2.24, 2.45) is 0 Å². The van der Waals surface area contributed by atoms with Crippen molar-refractivity contribution in [2.75, 3.05) is 13.2 Å². The summed E-state index contributed by atoms with van der Waals surface area (Å²) in [4.78, 5) is 12.1. The van der Waals surface area contributed by atoms with Crippen LogP contribution in [0.25, 0.3) is 0 Å². The van der Waals surface area contributed by atoms with E-state index in [0.717, 1.165) is 0 Å². The van der Waals surface area contributed by atoms with Crippen LogP contribution < -0.4 is 5.32 Å². The molecular weight excluding hydrogens is 310 g/mol. The molecule has 3 unspecified atom stereocenters. The van der Waals surface area contributed by atoms with E-state index in [1.165, 1.54) is 11.1 Å². The second-order valence-electron chi connectivity index (χ2n) is 6.64. The van der Waals surface area contributed by atoms with Crippen molar-refractivity contribution in [3.8, 4) is 0 Å². The van der Waals surface area contributed by atoms with Gasteiger partial charge in [-0.3, -0.25) is 4.79 Å². The molecule has 1 aromatic carbocycles. The Bertz CT molecular complexity index is 661. The Labute approximate surface area is 140 Å². The van der Waals surface area contributed by atoms with Crippen molar-refractivity contribution in [3.05, 3.63) is 47.0 Å². The summed E-state index contributed by atoms with van der Waals surface area (Å²) in [5, 5.41) is 21.8. The minimum atomic E-state index is -0.780. The fourth-order valence-electron chi connectivity index (χ4n) is 3.86. The Morgan fingerprint density at radius 1 is 1.25 bits per heavy atom.